The van der Waals surface area contributed by atoms with Crippen LogP contribution in [0.1, 0.15) is 58.8 Å². The quantitative estimate of drug-likeness (QED) is 0.534. The second-order valence-corrected chi connectivity index (χ2v) is 4.97. The molecule has 1 fully saturated rings. The maximum absolute atomic E-state index is 3.59. The van der Waals surface area contributed by atoms with Crippen molar-refractivity contribution in [3.8, 4) is 11.8 Å². The van der Waals surface area contributed by atoms with E-state index in [-0.39, 0.29) is 0 Å². The summed E-state index contributed by atoms with van der Waals surface area (Å²) >= 11 is 0. The Bertz CT molecular complexity index is 223. The van der Waals surface area contributed by atoms with E-state index in [2.05, 4.69) is 24.1 Å². The predicted molar refractivity (Wildman–Crippen MR) is 71.3 cm³/mol. The molecule has 0 saturated heterocycles. The molecule has 0 amide bonds. The molecule has 1 saturated carbocycles. The molecule has 0 spiro atoms. The molecule has 0 aliphatic heterocycles. The van der Waals surface area contributed by atoms with E-state index in [4.69, 9.17) is 0 Å². The van der Waals surface area contributed by atoms with Gasteiger partial charge in [0.15, 0.2) is 0 Å². The fourth-order valence-electron chi connectivity index (χ4n) is 2.78. The maximum Gasteiger partial charge on any atom is 0.00913 e. The zero-order valence-electron chi connectivity index (χ0n) is 11.0. The summed E-state index contributed by atoms with van der Waals surface area (Å²) in [5.74, 6) is 8.07. The van der Waals surface area contributed by atoms with Crippen LogP contribution in [0.4, 0.5) is 0 Å². The van der Waals surface area contributed by atoms with Crippen molar-refractivity contribution in [2.75, 3.05) is 13.1 Å². The Balaban J connectivity index is 2.27. The predicted octanol–water partition coefficient (Wildman–Crippen LogP) is 3.60. The molecule has 92 valence electrons. The lowest BCUT2D eigenvalue weighted by Crippen LogP contribution is -2.31. The van der Waals surface area contributed by atoms with Gasteiger partial charge in [0.1, 0.15) is 0 Å². The Labute approximate surface area is 101 Å². The molecule has 0 aromatic rings. The van der Waals surface area contributed by atoms with Gasteiger partial charge in [0.2, 0.25) is 0 Å². The first-order valence-electron chi connectivity index (χ1n) is 6.98. The fraction of sp³-hybridized carbons (Fsp3) is 0.867. The molecule has 0 aromatic heterocycles. The molecule has 1 N–H and O–H groups in total. The number of hydrogen-bond acceptors (Lipinski definition) is 1. The van der Waals surface area contributed by atoms with E-state index in [0.717, 1.165) is 18.3 Å². The normalized spacial score (nSPS) is 24.9. The summed E-state index contributed by atoms with van der Waals surface area (Å²) in [4.78, 5) is 0. The zero-order valence-corrected chi connectivity index (χ0v) is 11.0. The SMILES string of the molecule is CC#CCCC1CCCCC1CNCCC. The highest BCUT2D eigenvalue weighted by Gasteiger charge is 2.23. The first kappa shape index (κ1) is 13.6. The van der Waals surface area contributed by atoms with Crippen LogP contribution in [0.3, 0.4) is 0 Å². The third-order valence-corrected chi connectivity index (χ3v) is 3.72. The van der Waals surface area contributed by atoms with Crippen molar-refractivity contribution in [3.05, 3.63) is 0 Å². The van der Waals surface area contributed by atoms with Gasteiger partial charge in [0.25, 0.3) is 0 Å². The fourth-order valence-corrected chi connectivity index (χ4v) is 2.78. The van der Waals surface area contributed by atoms with Crippen LogP contribution < -0.4 is 5.32 Å². The van der Waals surface area contributed by atoms with Crippen LogP contribution in [0.25, 0.3) is 0 Å². The van der Waals surface area contributed by atoms with Gasteiger partial charge in [-0.2, -0.15) is 0 Å². The van der Waals surface area contributed by atoms with Crippen molar-refractivity contribution in [1.82, 2.24) is 5.32 Å². The summed E-state index contributed by atoms with van der Waals surface area (Å²) < 4.78 is 0. The van der Waals surface area contributed by atoms with Crippen molar-refractivity contribution in [3.63, 3.8) is 0 Å². The van der Waals surface area contributed by atoms with Crippen LogP contribution in [0, 0.1) is 23.7 Å². The summed E-state index contributed by atoms with van der Waals surface area (Å²) in [5, 5.41) is 3.59. The Morgan fingerprint density at radius 3 is 2.62 bits per heavy atom. The average Bonchev–Trinajstić information content (AvgIpc) is 2.32. The lowest BCUT2D eigenvalue weighted by molar-refractivity contribution is 0.220. The minimum atomic E-state index is 0.916. The van der Waals surface area contributed by atoms with Gasteiger partial charge in [0.05, 0.1) is 0 Å². The van der Waals surface area contributed by atoms with E-state index in [1.54, 1.807) is 0 Å². The van der Waals surface area contributed by atoms with Gasteiger partial charge in [-0.1, -0.05) is 26.2 Å². The highest BCUT2D eigenvalue weighted by molar-refractivity contribution is 4.95. The van der Waals surface area contributed by atoms with Crippen molar-refractivity contribution < 1.29 is 0 Å². The largest absolute Gasteiger partial charge is 0.316 e. The minimum absolute atomic E-state index is 0.916. The van der Waals surface area contributed by atoms with E-state index in [0.29, 0.717) is 0 Å². The molecule has 0 radical (unpaired) electrons. The molecule has 0 heterocycles. The van der Waals surface area contributed by atoms with E-state index >= 15 is 0 Å². The van der Waals surface area contributed by atoms with Crippen LogP contribution in [-0.2, 0) is 0 Å². The third kappa shape index (κ3) is 5.03. The highest BCUT2D eigenvalue weighted by atomic mass is 14.9. The van der Waals surface area contributed by atoms with Crippen molar-refractivity contribution >= 4 is 0 Å². The molecule has 1 aliphatic carbocycles. The van der Waals surface area contributed by atoms with E-state index in [1.165, 1.54) is 51.6 Å². The lowest BCUT2D eigenvalue weighted by atomic mass is 9.77. The molecule has 16 heavy (non-hydrogen) atoms. The minimum Gasteiger partial charge on any atom is -0.316 e. The number of rotatable bonds is 6. The Kier molecular flexibility index (Phi) is 7.34. The number of nitrogens with one attached hydrogen (secondary N) is 1. The summed E-state index contributed by atoms with van der Waals surface area (Å²) in [6.45, 7) is 6.60. The molecule has 1 heteroatoms. The Morgan fingerprint density at radius 2 is 1.94 bits per heavy atom. The molecule has 2 atom stereocenters. The van der Waals surface area contributed by atoms with E-state index in [1.807, 2.05) is 6.92 Å². The van der Waals surface area contributed by atoms with E-state index in [9.17, 15) is 0 Å². The summed E-state index contributed by atoms with van der Waals surface area (Å²) in [7, 11) is 0. The first-order valence-corrected chi connectivity index (χ1v) is 6.98. The van der Waals surface area contributed by atoms with Crippen molar-refractivity contribution in [1.29, 1.82) is 0 Å². The smallest absolute Gasteiger partial charge is 0.00913 e. The molecule has 2 unspecified atom stereocenters. The standard InChI is InChI=1S/C15H27N/c1-3-5-6-9-14-10-7-8-11-15(14)13-16-12-4-2/h14-16H,4,6-13H2,1-2H3. The molecule has 1 rings (SSSR count). The first-order chi connectivity index (χ1) is 7.88. The van der Waals surface area contributed by atoms with Gasteiger partial charge < -0.3 is 5.32 Å². The monoisotopic (exact) mass is 221 g/mol. The van der Waals surface area contributed by atoms with Crippen LogP contribution in [0.15, 0.2) is 0 Å². The molecule has 1 aliphatic rings. The zero-order chi connectivity index (χ0) is 11.6. The molecule has 1 nitrogen and oxygen atoms in total. The summed E-state index contributed by atoms with van der Waals surface area (Å²) in [6.07, 6.45) is 9.41. The highest BCUT2D eigenvalue weighted by Crippen LogP contribution is 2.32. The van der Waals surface area contributed by atoms with Crippen molar-refractivity contribution in [2.24, 2.45) is 11.8 Å². The molecular weight excluding hydrogens is 194 g/mol. The Morgan fingerprint density at radius 1 is 1.19 bits per heavy atom. The van der Waals surface area contributed by atoms with Gasteiger partial charge in [0, 0.05) is 6.42 Å². The molecule has 0 bridgehead atoms. The Hall–Kier alpha value is -0.480. The second kappa shape index (κ2) is 8.65. The topological polar surface area (TPSA) is 12.0 Å². The third-order valence-electron chi connectivity index (χ3n) is 3.72. The van der Waals surface area contributed by atoms with Gasteiger partial charge in [-0.25, -0.2) is 0 Å². The average molecular weight is 221 g/mol. The van der Waals surface area contributed by atoms with Gasteiger partial charge in [-0.15, -0.1) is 11.8 Å². The maximum atomic E-state index is 3.59. The second-order valence-electron chi connectivity index (χ2n) is 4.97. The van der Waals surface area contributed by atoms with Gasteiger partial charge >= 0.3 is 0 Å². The molecule has 0 aromatic carbocycles. The lowest BCUT2D eigenvalue weighted by Gasteiger charge is -2.31. The summed E-state index contributed by atoms with van der Waals surface area (Å²) in [6, 6.07) is 0. The van der Waals surface area contributed by atoms with Gasteiger partial charge in [-0.3, -0.25) is 0 Å². The van der Waals surface area contributed by atoms with E-state index < -0.39 is 0 Å². The van der Waals surface area contributed by atoms with Crippen LogP contribution in [-0.4, -0.2) is 13.1 Å². The van der Waals surface area contributed by atoms with Crippen LogP contribution in [0.2, 0.25) is 0 Å². The van der Waals surface area contributed by atoms with Crippen molar-refractivity contribution in [2.45, 2.75) is 58.8 Å². The molecular formula is C15H27N. The van der Waals surface area contributed by atoms with Gasteiger partial charge in [-0.05, 0) is 51.1 Å². The number of hydrogen-bond donors (Lipinski definition) is 1. The van der Waals surface area contributed by atoms with Crippen LogP contribution in [0.5, 0.6) is 0 Å². The summed E-state index contributed by atoms with van der Waals surface area (Å²) in [5.41, 5.74) is 0. The van der Waals surface area contributed by atoms with Crippen LogP contribution >= 0.6 is 0 Å².